The van der Waals surface area contributed by atoms with Gasteiger partial charge in [-0.05, 0) is 18.2 Å². The van der Waals surface area contributed by atoms with Crippen LogP contribution in [0.2, 0.25) is 0 Å². The lowest BCUT2D eigenvalue weighted by Gasteiger charge is -2.37. The van der Waals surface area contributed by atoms with Crippen molar-refractivity contribution in [3.63, 3.8) is 0 Å². The third kappa shape index (κ3) is 3.85. The maximum Gasteiger partial charge on any atom is 0.194 e. The molecule has 2 aromatic rings. The molecule has 0 aliphatic carbocycles. The second kappa shape index (κ2) is 7.81. The van der Waals surface area contributed by atoms with E-state index in [2.05, 4.69) is 44.4 Å². The molecule has 126 valence electrons. The number of rotatable bonds is 3. The highest BCUT2D eigenvalue weighted by atomic mass is 19.1. The number of nitrogens with one attached hydrogen (secondary N) is 1. The number of aliphatic imine (C=N–C) groups is 1. The SMILES string of the molecule is CN=C(NCc1ccccc1F)N1CCN(c2ccccc2)CC1. The summed E-state index contributed by atoms with van der Waals surface area (Å²) < 4.78 is 13.7. The zero-order valence-corrected chi connectivity index (χ0v) is 14.0. The van der Waals surface area contributed by atoms with Crippen molar-refractivity contribution >= 4 is 11.6 Å². The first-order chi connectivity index (χ1) is 11.8. The van der Waals surface area contributed by atoms with Gasteiger partial charge in [0.15, 0.2) is 5.96 Å². The summed E-state index contributed by atoms with van der Waals surface area (Å²) in [5.74, 6) is 0.639. The molecule has 3 rings (SSSR count). The van der Waals surface area contributed by atoms with E-state index in [9.17, 15) is 4.39 Å². The Morgan fingerprint density at radius 1 is 1.00 bits per heavy atom. The largest absolute Gasteiger partial charge is 0.368 e. The highest BCUT2D eigenvalue weighted by molar-refractivity contribution is 5.80. The van der Waals surface area contributed by atoms with Crippen LogP contribution in [0.15, 0.2) is 59.6 Å². The smallest absolute Gasteiger partial charge is 0.194 e. The number of benzene rings is 2. The van der Waals surface area contributed by atoms with Crippen molar-refractivity contribution < 1.29 is 4.39 Å². The molecule has 1 N–H and O–H groups in total. The molecule has 0 saturated carbocycles. The standard InChI is InChI=1S/C19H23FN4/c1-21-19(22-15-16-7-5-6-10-18(16)20)24-13-11-23(12-14-24)17-8-3-2-4-9-17/h2-10H,11-15H2,1H3,(H,21,22). The number of hydrogen-bond acceptors (Lipinski definition) is 2. The fourth-order valence-corrected chi connectivity index (χ4v) is 2.96. The first kappa shape index (κ1) is 16.3. The predicted molar refractivity (Wildman–Crippen MR) is 96.8 cm³/mol. The Labute approximate surface area is 142 Å². The van der Waals surface area contributed by atoms with Crippen LogP contribution in [0.5, 0.6) is 0 Å². The second-order valence-electron chi connectivity index (χ2n) is 5.80. The average Bonchev–Trinajstić information content (AvgIpc) is 2.65. The minimum absolute atomic E-state index is 0.186. The number of halogens is 1. The van der Waals surface area contributed by atoms with Gasteiger partial charge in [0, 0.05) is 51.0 Å². The van der Waals surface area contributed by atoms with Crippen molar-refractivity contribution in [2.45, 2.75) is 6.54 Å². The first-order valence-corrected chi connectivity index (χ1v) is 8.27. The van der Waals surface area contributed by atoms with Gasteiger partial charge in [-0.25, -0.2) is 4.39 Å². The molecule has 1 fully saturated rings. The quantitative estimate of drug-likeness (QED) is 0.695. The number of piperazine rings is 1. The van der Waals surface area contributed by atoms with Crippen LogP contribution in [0, 0.1) is 5.82 Å². The number of guanidine groups is 1. The number of anilines is 1. The molecule has 1 aliphatic heterocycles. The molecule has 1 saturated heterocycles. The molecular weight excluding hydrogens is 303 g/mol. The first-order valence-electron chi connectivity index (χ1n) is 8.27. The van der Waals surface area contributed by atoms with E-state index in [1.54, 1.807) is 19.2 Å². The zero-order valence-electron chi connectivity index (χ0n) is 14.0. The summed E-state index contributed by atoms with van der Waals surface area (Å²) in [4.78, 5) is 8.94. The van der Waals surface area contributed by atoms with E-state index in [1.807, 2.05) is 12.1 Å². The number of para-hydroxylation sites is 1. The van der Waals surface area contributed by atoms with Crippen LogP contribution in [-0.4, -0.2) is 44.1 Å². The lowest BCUT2D eigenvalue weighted by Crippen LogP contribution is -2.52. The lowest BCUT2D eigenvalue weighted by molar-refractivity contribution is 0.372. The summed E-state index contributed by atoms with van der Waals surface area (Å²) in [6, 6.07) is 17.3. The molecule has 0 atom stereocenters. The van der Waals surface area contributed by atoms with Gasteiger partial charge in [0.25, 0.3) is 0 Å². The van der Waals surface area contributed by atoms with E-state index in [1.165, 1.54) is 11.8 Å². The molecule has 4 nitrogen and oxygen atoms in total. The predicted octanol–water partition coefficient (Wildman–Crippen LogP) is 2.72. The normalized spacial score (nSPS) is 15.5. The van der Waals surface area contributed by atoms with Crippen molar-refractivity contribution in [3.8, 4) is 0 Å². The maximum atomic E-state index is 13.7. The highest BCUT2D eigenvalue weighted by Crippen LogP contribution is 2.15. The van der Waals surface area contributed by atoms with Gasteiger partial charge in [0.05, 0.1) is 0 Å². The fourth-order valence-electron chi connectivity index (χ4n) is 2.96. The monoisotopic (exact) mass is 326 g/mol. The van der Waals surface area contributed by atoms with E-state index in [4.69, 9.17) is 0 Å². The van der Waals surface area contributed by atoms with E-state index in [-0.39, 0.29) is 5.82 Å². The molecule has 0 spiro atoms. The van der Waals surface area contributed by atoms with Gasteiger partial charge < -0.3 is 15.1 Å². The summed E-state index contributed by atoms with van der Waals surface area (Å²) in [6.45, 7) is 4.13. The Morgan fingerprint density at radius 2 is 1.67 bits per heavy atom. The summed E-state index contributed by atoms with van der Waals surface area (Å²) >= 11 is 0. The molecule has 0 bridgehead atoms. The van der Waals surface area contributed by atoms with Crippen LogP contribution in [0.3, 0.4) is 0 Å². The van der Waals surface area contributed by atoms with Gasteiger partial charge in [-0.15, -0.1) is 0 Å². The van der Waals surface area contributed by atoms with Gasteiger partial charge in [0.2, 0.25) is 0 Å². The molecule has 24 heavy (non-hydrogen) atoms. The Balaban J connectivity index is 1.55. The maximum absolute atomic E-state index is 13.7. The van der Waals surface area contributed by atoms with Gasteiger partial charge in [0.1, 0.15) is 5.82 Å². The molecule has 5 heteroatoms. The molecule has 0 unspecified atom stereocenters. The van der Waals surface area contributed by atoms with Crippen molar-refractivity contribution in [2.24, 2.45) is 4.99 Å². The van der Waals surface area contributed by atoms with Crippen LogP contribution < -0.4 is 10.2 Å². The van der Waals surface area contributed by atoms with Crippen molar-refractivity contribution in [1.29, 1.82) is 0 Å². The van der Waals surface area contributed by atoms with Gasteiger partial charge >= 0.3 is 0 Å². The summed E-state index contributed by atoms with van der Waals surface area (Å²) in [5.41, 5.74) is 1.91. The van der Waals surface area contributed by atoms with Crippen LogP contribution in [0.4, 0.5) is 10.1 Å². The minimum Gasteiger partial charge on any atom is -0.368 e. The van der Waals surface area contributed by atoms with E-state index in [0.29, 0.717) is 12.1 Å². The number of hydrogen-bond donors (Lipinski definition) is 1. The molecule has 0 radical (unpaired) electrons. The molecule has 1 aliphatic rings. The zero-order chi connectivity index (χ0) is 16.8. The van der Waals surface area contributed by atoms with Crippen LogP contribution in [0.25, 0.3) is 0 Å². The molecule has 0 aromatic heterocycles. The molecule has 1 heterocycles. The Morgan fingerprint density at radius 3 is 2.33 bits per heavy atom. The van der Waals surface area contributed by atoms with Crippen LogP contribution >= 0.6 is 0 Å². The molecule has 2 aromatic carbocycles. The highest BCUT2D eigenvalue weighted by Gasteiger charge is 2.19. The van der Waals surface area contributed by atoms with Crippen molar-refractivity contribution in [2.75, 3.05) is 38.1 Å². The lowest BCUT2D eigenvalue weighted by atomic mass is 10.2. The Bertz CT molecular complexity index is 679. The minimum atomic E-state index is -0.186. The van der Waals surface area contributed by atoms with Gasteiger partial charge in [-0.3, -0.25) is 4.99 Å². The van der Waals surface area contributed by atoms with Crippen LogP contribution in [-0.2, 0) is 6.54 Å². The third-order valence-corrected chi connectivity index (χ3v) is 4.31. The van der Waals surface area contributed by atoms with E-state index in [0.717, 1.165) is 32.1 Å². The van der Waals surface area contributed by atoms with Gasteiger partial charge in [-0.1, -0.05) is 36.4 Å². The molecular formula is C19H23FN4. The number of nitrogens with zero attached hydrogens (tertiary/aromatic N) is 3. The topological polar surface area (TPSA) is 30.9 Å². The van der Waals surface area contributed by atoms with Crippen molar-refractivity contribution in [3.05, 3.63) is 66.0 Å². The van der Waals surface area contributed by atoms with Crippen molar-refractivity contribution in [1.82, 2.24) is 10.2 Å². The summed E-state index contributed by atoms with van der Waals surface area (Å²) in [5, 5.41) is 3.27. The fraction of sp³-hybridized carbons (Fsp3) is 0.316. The average molecular weight is 326 g/mol. The third-order valence-electron chi connectivity index (χ3n) is 4.31. The van der Waals surface area contributed by atoms with Gasteiger partial charge in [-0.2, -0.15) is 0 Å². The van der Waals surface area contributed by atoms with Crippen LogP contribution in [0.1, 0.15) is 5.56 Å². The van der Waals surface area contributed by atoms with E-state index < -0.39 is 0 Å². The van der Waals surface area contributed by atoms with E-state index >= 15 is 0 Å². The Kier molecular flexibility index (Phi) is 5.31. The Hall–Kier alpha value is -2.56. The summed E-state index contributed by atoms with van der Waals surface area (Å²) in [6.07, 6.45) is 0. The summed E-state index contributed by atoms with van der Waals surface area (Å²) in [7, 11) is 1.77. The second-order valence-corrected chi connectivity index (χ2v) is 5.80. The molecule has 0 amide bonds.